The zero-order chi connectivity index (χ0) is 17.9. The Labute approximate surface area is 156 Å². The Morgan fingerprint density at radius 1 is 1.23 bits per heavy atom. The van der Waals surface area contributed by atoms with E-state index in [1.165, 1.54) is 0 Å². The Kier molecular flexibility index (Phi) is 4.75. The van der Waals surface area contributed by atoms with Crippen molar-refractivity contribution in [3.63, 3.8) is 0 Å². The van der Waals surface area contributed by atoms with Crippen molar-refractivity contribution in [3.05, 3.63) is 59.2 Å². The molecule has 2 aromatic heterocycles. The highest BCUT2D eigenvalue weighted by molar-refractivity contribution is 6.30. The predicted molar refractivity (Wildman–Crippen MR) is 101 cm³/mol. The summed E-state index contributed by atoms with van der Waals surface area (Å²) in [6.45, 7) is 2.02. The molecule has 1 N–H and O–H groups in total. The van der Waals surface area contributed by atoms with Crippen molar-refractivity contribution in [2.24, 2.45) is 5.92 Å². The number of pyridine rings is 1. The Bertz CT molecular complexity index is 925. The molecule has 1 aliphatic heterocycles. The van der Waals surface area contributed by atoms with Crippen LogP contribution in [0.25, 0.3) is 5.65 Å². The van der Waals surface area contributed by atoms with Crippen LogP contribution in [0.2, 0.25) is 5.02 Å². The van der Waals surface area contributed by atoms with Gasteiger partial charge in [0, 0.05) is 30.9 Å². The second kappa shape index (κ2) is 7.33. The average molecular weight is 370 g/mol. The maximum Gasteiger partial charge on any atom is 0.231 e. The number of halogens is 1. The largest absolute Gasteiger partial charge is 0.352 e. The Hall–Kier alpha value is -2.60. The van der Waals surface area contributed by atoms with Gasteiger partial charge in [-0.2, -0.15) is 0 Å². The van der Waals surface area contributed by atoms with E-state index < -0.39 is 0 Å². The highest BCUT2D eigenvalue weighted by Crippen LogP contribution is 2.22. The Morgan fingerprint density at radius 3 is 3.04 bits per heavy atom. The molecule has 3 heterocycles. The van der Waals surface area contributed by atoms with Gasteiger partial charge in [0.05, 0.1) is 5.92 Å². The monoisotopic (exact) mass is 369 g/mol. The summed E-state index contributed by atoms with van der Waals surface area (Å²) in [5.74, 6) is 0.815. The molecule has 26 heavy (non-hydrogen) atoms. The lowest BCUT2D eigenvalue weighted by atomic mass is 9.97. The molecule has 1 saturated heterocycles. The molecule has 0 spiro atoms. The number of nitrogens with zero attached hydrogens (tertiary/aromatic N) is 4. The summed E-state index contributed by atoms with van der Waals surface area (Å²) >= 11 is 6.00. The van der Waals surface area contributed by atoms with Gasteiger partial charge < -0.3 is 10.2 Å². The van der Waals surface area contributed by atoms with Crippen LogP contribution in [0.1, 0.15) is 18.4 Å². The number of aromatic nitrogens is 3. The van der Waals surface area contributed by atoms with Gasteiger partial charge in [-0.3, -0.25) is 9.20 Å². The SMILES string of the molecule is O=C(NCc1cccc(Cl)c1)C1CCCN(c2nnc3ccccn23)C1. The first-order valence-electron chi connectivity index (χ1n) is 8.77. The average Bonchev–Trinajstić information content (AvgIpc) is 3.10. The molecular formula is C19H20ClN5O. The van der Waals surface area contributed by atoms with Crippen molar-refractivity contribution in [3.8, 4) is 0 Å². The standard InChI is InChI=1S/C19H20ClN5O/c20-16-7-3-5-14(11-16)12-21-18(26)15-6-4-9-24(13-15)19-23-22-17-8-1-2-10-25(17)19/h1-3,5,7-8,10-11,15H,4,6,9,12-13H2,(H,21,26). The number of hydrogen-bond acceptors (Lipinski definition) is 4. The quantitative estimate of drug-likeness (QED) is 0.768. The summed E-state index contributed by atoms with van der Waals surface area (Å²) in [7, 11) is 0. The molecule has 0 bridgehead atoms. The molecule has 1 atom stereocenters. The van der Waals surface area contributed by atoms with E-state index in [-0.39, 0.29) is 11.8 Å². The summed E-state index contributed by atoms with van der Waals surface area (Å²) in [6.07, 6.45) is 3.79. The van der Waals surface area contributed by atoms with E-state index in [4.69, 9.17) is 11.6 Å². The van der Waals surface area contributed by atoms with Gasteiger partial charge in [-0.15, -0.1) is 10.2 Å². The highest BCUT2D eigenvalue weighted by Gasteiger charge is 2.27. The lowest BCUT2D eigenvalue weighted by Gasteiger charge is -2.32. The van der Waals surface area contributed by atoms with Crippen LogP contribution >= 0.6 is 11.6 Å². The third kappa shape index (κ3) is 3.51. The lowest BCUT2D eigenvalue weighted by Crippen LogP contribution is -2.43. The number of piperidine rings is 1. The molecule has 1 aromatic carbocycles. The summed E-state index contributed by atoms with van der Waals surface area (Å²) < 4.78 is 1.96. The van der Waals surface area contributed by atoms with Crippen molar-refractivity contribution in [2.75, 3.05) is 18.0 Å². The predicted octanol–water partition coefficient (Wildman–Crippen LogP) is 2.92. The molecular weight excluding hydrogens is 350 g/mol. The number of anilines is 1. The normalized spacial score (nSPS) is 17.4. The van der Waals surface area contributed by atoms with Crippen LogP contribution in [0.3, 0.4) is 0 Å². The summed E-state index contributed by atoms with van der Waals surface area (Å²) in [6, 6.07) is 13.4. The second-order valence-corrected chi connectivity index (χ2v) is 7.00. The molecule has 6 nitrogen and oxygen atoms in total. The molecule has 0 saturated carbocycles. The van der Waals surface area contributed by atoms with Crippen LogP contribution < -0.4 is 10.2 Å². The maximum atomic E-state index is 12.6. The number of amides is 1. The Balaban J connectivity index is 1.42. The van der Waals surface area contributed by atoms with Gasteiger partial charge in [0.15, 0.2) is 5.65 Å². The van der Waals surface area contributed by atoms with Gasteiger partial charge in [0.1, 0.15) is 0 Å². The van der Waals surface area contributed by atoms with Gasteiger partial charge in [-0.1, -0.05) is 29.8 Å². The number of fused-ring (bicyclic) bond motifs is 1. The van der Waals surface area contributed by atoms with Crippen molar-refractivity contribution >= 4 is 29.1 Å². The molecule has 1 amide bonds. The summed E-state index contributed by atoms with van der Waals surface area (Å²) in [5, 5.41) is 12.2. The van der Waals surface area contributed by atoms with E-state index in [9.17, 15) is 4.79 Å². The van der Waals surface area contributed by atoms with E-state index in [1.54, 1.807) is 0 Å². The fraction of sp³-hybridized carbons (Fsp3) is 0.316. The summed E-state index contributed by atoms with van der Waals surface area (Å²) in [5.41, 5.74) is 1.82. The van der Waals surface area contributed by atoms with E-state index in [1.807, 2.05) is 53.1 Å². The summed E-state index contributed by atoms with van der Waals surface area (Å²) in [4.78, 5) is 14.8. The number of hydrogen-bond donors (Lipinski definition) is 1. The van der Waals surface area contributed by atoms with Crippen LogP contribution in [-0.2, 0) is 11.3 Å². The van der Waals surface area contributed by atoms with Crippen molar-refractivity contribution in [1.29, 1.82) is 0 Å². The van der Waals surface area contributed by atoms with E-state index in [2.05, 4.69) is 20.4 Å². The highest BCUT2D eigenvalue weighted by atomic mass is 35.5. The van der Waals surface area contributed by atoms with Crippen molar-refractivity contribution in [1.82, 2.24) is 19.9 Å². The third-order valence-electron chi connectivity index (χ3n) is 4.73. The van der Waals surface area contributed by atoms with Crippen molar-refractivity contribution < 1.29 is 4.79 Å². The lowest BCUT2D eigenvalue weighted by molar-refractivity contribution is -0.125. The first-order valence-corrected chi connectivity index (χ1v) is 9.15. The molecule has 3 aromatic rings. The number of benzene rings is 1. The van der Waals surface area contributed by atoms with Gasteiger partial charge in [0.25, 0.3) is 0 Å². The number of carbonyl (C=O) groups is 1. The van der Waals surface area contributed by atoms with Crippen LogP contribution in [0.5, 0.6) is 0 Å². The first kappa shape index (κ1) is 16.8. The van der Waals surface area contributed by atoms with E-state index in [0.29, 0.717) is 18.1 Å². The minimum Gasteiger partial charge on any atom is -0.352 e. The van der Waals surface area contributed by atoms with E-state index in [0.717, 1.165) is 36.5 Å². The van der Waals surface area contributed by atoms with E-state index >= 15 is 0 Å². The third-order valence-corrected chi connectivity index (χ3v) is 4.96. The molecule has 1 unspecified atom stereocenters. The van der Waals surface area contributed by atoms with Crippen LogP contribution in [0.4, 0.5) is 5.95 Å². The molecule has 0 radical (unpaired) electrons. The number of rotatable bonds is 4. The first-order chi connectivity index (χ1) is 12.7. The molecule has 1 fully saturated rings. The number of nitrogens with one attached hydrogen (secondary N) is 1. The fourth-order valence-corrected chi connectivity index (χ4v) is 3.61. The smallest absolute Gasteiger partial charge is 0.231 e. The minimum atomic E-state index is -0.0565. The zero-order valence-corrected chi connectivity index (χ0v) is 15.1. The Morgan fingerprint density at radius 2 is 2.15 bits per heavy atom. The molecule has 4 rings (SSSR count). The maximum absolute atomic E-state index is 12.6. The molecule has 0 aliphatic carbocycles. The zero-order valence-electron chi connectivity index (χ0n) is 14.3. The van der Waals surface area contributed by atoms with Crippen LogP contribution in [0.15, 0.2) is 48.7 Å². The molecule has 7 heteroatoms. The van der Waals surface area contributed by atoms with Crippen molar-refractivity contribution in [2.45, 2.75) is 19.4 Å². The fourth-order valence-electron chi connectivity index (χ4n) is 3.40. The second-order valence-electron chi connectivity index (χ2n) is 6.56. The minimum absolute atomic E-state index is 0.0565. The number of carbonyl (C=O) groups excluding carboxylic acids is 1. The van der Waals surface area contributed by atoms with Gasteiger partial charge in [-0.05, 0) is 42.7 Å². The van der Waals surface area contributed by atoms with Gasteiger partial charge in [-0.25, -0.2) is 0 Å². The van der Waals surface area contributed by atoms with Crippen LogP contribution in [-0.4, -0.2) is 33.6 Å². The van der Waals surface area contributed by atoms with Crippen LogP contribution in [0, 0.1) is 5.92 Å². The topological polar surface area (TPSA) is 62.5 Å². The van der Waals surface area contributed by atoms with Gasteiger partial charge in [0.2, 0.25) is 11.9 Å². The molecule has 134 valence electrons. The molecule has 1 aliphatic rings. The van der Waals surface area contributed by atoms with Gasteiger partial charge >= 0.3 is 0 Å².